The number of nitrogens with zero attached hydrogens (tertiary/aromatic N) is 5. The van der Waals surface area contributed by atoms with Gasteiger partial charge in [0.25, 0.3) is 0 Å². The molecule has 43 heavy (non-hydrogen) atoms. The molecule has 1 amide bonds. The maximum absolute atomic E-state index is 14.0. The Bertz CT molecular complexity index is 1480. The lowest BCUT2D eigenvalue weighted by Crippen LogP contribution is -2.54. The first-order chi connectivity index (χ1) is 20.6. The molecule has 12 heteroatoms. The number of anilines is 1. The molecule has 0 spiro atoms. The highest BCUT2D eigenvalue weighted by molar-refractivity contribution is 5.89. The molecule has 4 heterocycles. The Morgan fingerprint density at radius 1 is 1.16 bits per heavy atom. The van der Waals surface area contributed by atoms with Crippen molar-refractivity contribution in [3.8, 4) is 29.0 Å². The molecule has 2 aromatic heterocycles. The van der Waals surface area contributed by atoms with Crippen molar-refractivity contribution in [2.24, 2.45) is 0 Å². The number of carbonyl (C=O) groups is 1. The maximum atomic E-state index is 14.0. The van der Waals surface area contributed by atoms with Gasteiger partial charge in [0.05, 0.1) is 34.5 Å². The molecule has 226 valence electrons. The highest BCUT2D eigenvalue weighted by Gasteiger charge is 2.44. The lowest BCUT2D eigenvalue weighted by Gasteiger charge is -2.42. The van der Waals surface area contributed by atoms with Crippen LogP contribution in [0.25, 0.3) is 11.3 Å². The van der Waals surface area contributed by atoms with Crippen molar-refractivity contribution in [2.45, 2.75) is 44.0 Å². The van der Waals surface area contributed by atoms with Crippen LogP contribution in [0, 0.1) is 11.3 Å². The smallest absolute Gasteiger partial charge is 0.477 e. The van der Waals surface area contributed by atoms with E-state index in [9.17, 15) is 23.2 Å². The zero-order valence-electron chi connectivity index (χ0n) is 24.0. The minimum atomic E-state index is -4.86. The van der Waals surface area contributed by atoms with Crippen LogP contribution in [0.5, 0.6) is 11.6 Å². The molecule has 2 aliphatic rings. The molecule has 1 aromatic carbocycles. The van der Waals surface area contributed by atoms with Crippen LogP contribution in [-0.4, -0.2) is 73.0 Å². The topological polar surface area (TPSA) is 104 Å². The van der Waals surface area contributed by atoms with Gasteiger partial charge in [0.1, 0.15) is 11.8 Å². The number of likely N-dealkylation sites (N-methyl/N-ethyl adjacent to an activating group) is 1. The number of halogens is 3. The first kappa shape index (κ1) is 30.1. The standard InChI is InChI=1S/C31H33F3N6O3/c1-3-42-28-25(5-4-13-36-28)26-8-6-22(19-37-26)30(29(41)38-23-10-14-39(2)20-23)11-15-40(16-12-30)27-9-7-24(17-21(27)18-35)43-31(32,33)34/h4-9,13,17,19,23H,3,10-12,14-16,20H2,1-2H3,(H,38,41)/t23-/m0/s1. The van der Waals surface area contributed by atoms with E-state index >= 15 is 0 Å². The van der Waals surface area contributed by atoms with E-state index in [0.29, 0.717) is 49.8 Å². The molecule has 5 rings (SSSR count). The monoisotopic (exact) mass is 594 g/mol. The normalized spacial score (nSPS) is 18.6. The molecular weight excluding hydrogens is 561 g/mol. The van der Waals surface area contributed by atoms with E-state index in [4.69, 9.17) is 9.72 Å². The second-order valence-corrected chi connectivity index (χ2v) is 10.9. The van der Waals surface area contributed by atoms with Gasteiger partial charge in [0.2, 0.25) is 11.8 Å². The number of nitrogens with one attached hydrogen (secondary N) is 1. The van der Waals surface area contributed by atoms with Gasteiger partial charge in [-0.25, -0.2) is 4.98 Å². The SMILES string of the molecule is CCOc1ncccc1-c1ccc(C2(C(=O)N[C@H]3CCN(C)C3)CCN(c3ccc(OC(F)(F)F)cc3C#N)CC2)cn1. The number of ether oxygens (including phenoxy) is 2. The Labute approximate surface area is 248 Å². The highest BCUT2D eigenvalue weighted by atomic mass is 19.4. The third kappa shape index (κ3) is 6.67. The van der Waals surface area contributed by atoms with Crippen LogP contribution in [0.1, 0.15) is 37.3 Å². The van der Waals surface area contributed by atoms with E-state index in [-0.39, 0.29) is 17.5 Å². The number of hydrogen-bond acceptors (Lipinski definition) is 8. The Hall–Kier alpha value is -4.37. The minimum Gasteiger partial charge on any atom is -0.477 e. The Kier molecular flexibility index (Phi) is 8.73. The lowest BCUT2D eigenvalue weighted by molar-refractivity contribution is -0.274. The van der Waals surface area contributed by atoms with Crippen molar-refractivity contribution in [3.63, 3.8) is 0 Å². The van der Waals surface area contributed by atoms with Gasteiger partial charge >= 0.3 is 6.36 Å². The molecule has 0 radical (unpaired) electrons. The maximum Gasteiger partial charge on any atom is 0.573 e. The molecule has 9 nitrogen and oxygen atoms in total. The van der Waals surface area contributed by atoms with Gasteiger partial charge in [0, 0.05) is 44.1 Å². The van der Waals surface area contributed by atoms with Crippen molar-refractivity contribution in [2.75, 3.05) is 44.7 Å². The van der Waals surface area contributed by atoms with Gasteiger partial charge in [-0.1, -0.05) is 6.07 Å². The van der Waals surface area contributed by atoms with Gasteiger partial charge in [-0.2, -0.15) is 5.26 Å². The van der Waals surface area contributed by atoms with Gasteiger partial charge < -0.3 is 24.6 Å². The van der Waals surface area contributed by atoms with Crippen molar-refractivity contribution < 1.29 is 27.4 Å². The number of benzene rings is 1. The summed E-state index contributed by atoms with van der Waals surface area (Å²) in [4.78, 5) is 27.2. The van der Waals surface area contributed by atoms with Gasteiger partial charge in [-0.15, -0.1) is 13.2 Å². The largest absolute Gasteiger partial charge is 0.573 e. The summed E-state index contributed by atoms with van der Waals surface area (Å²) in [6.45, 7) is 4.83. The summed E-state index contributed by atoms with van der Waals surface area (Å²) in [5.41, 5.74) is 1.88. The van der Waals surface area contributed by atoms with Crippen LogP contribution in [-0.2, 0) is 10.2 Å². The van der Waals surface area contributed by atoms with E-state index in [1.54, 1.807) is 12.4 Å². The fourth-order valence-corrected chi connectivity index (χ4v) is 5.90. The molecule has 2 aliphatic heterocycles. The third-order valence-corrected chi connectivity index (χ3v) is 8.09. The van der Waals surface area contributed by atoms with Crippen LogP contribution in [0.2, 0.25) is 0 Å². The number of hydrogen-bond donors (Lipinski definition) is 1. The molecule has 1 atom stereocenters. The van der Waals surface area contributed by atoms with Crippen LogP contribution in [0.4, 0.5) is 18.9 Å². The fraction of sp³-hybridized carbons (Fsp3) is 0.419. The van der Waals surface area contributed by atoms with Crippen LogP contribution in [0.15, 0.2) is 54.9 Å². The quantitative estimate of drug-likeness (QED) is 0.402. The second kappa shape index (κ2) is 12.5. The zero-order chi connectivity index (χ0) is 30.6. The number of amides is 1. The van der Waals surface area contributed by atoms with Crippen LogP contribution < -0.4 is 19.7 Å². The number of pyridine rings is 2. The summed E-state index contributed by atoms with van der Waals surface area (Å²) < 4.78 is 47.8. The first-order valence-electron chi connectivity index (χ1n) is 14.2. The highest BCUT2D eigenvalue weighted by Crippen LogP contribution is 2.40. The van der Waals surface area contributed by atoms with E-state index in [1.807, 2.05) is 49.2 Å². The average molecular weight is 595 g/mol. The molecule has 2 saturated heterocycles. The Morgan fingerprint density at radius 3 is 2.58 bits per heavy atom. The third-order valence-electron chi connectivity index (χ3n) is 8.09. The molecule has 0 saturated carbocycles. The van der Waals surface area contributed by atoms with E-state index in [0.717, 1.165) is 36.7 Å². The zero-order valence-corrected chi connectivity index (χ0v) is 24.0. The number of rotatable bonds is 8. The van der Waals surface area contributed by atoms with Crippen molar-refractivity contribution >= 4 is 11.6 Å². The molecule has 0 bridgehead atoms. The predicted molar refractivity (Wildman–Crippen MR) is 154 cm³/mol. The summed E-state index contributed by atoms with van der Waals surface area (Å²) in [5.74, 6) is -0.0449. The van der Waals surface area contributed by atoms with Crippen molar-refractivity contribution in [1.29, 1.82) is 5.26 Å². The van der Waals surface area contributed by atoms with Crippen molar-refractivity contribution in [1.82, 2.24) is 20.2 Å². The number of carbonyl (C=O) groups excluding carboxylic acids is 1. The van der Waals surface area contributed by atoms with Gasteiger partial charge in [-0.3, -0.25) is 9.78 Å². The number of alkyl halides is 3. The van der Waals surface area contributed by atoms with Gasteiger partial charge in [-0.05, 0) is 75.7 Å². The van der Waals surface area contributed by atoms with Crippen LogP contribution in [0.3, 0.4) is 0 Å². The number of piperidine rings is 1. The molecule has 2 fully saturated rings. The summed E-state index contributed by atoms with van der Waals surface area (Å²) in [7, 11) is 2.02. The molecule has 0 unspecified atom stereocenters. The number of aromatic nitrogens is 2. The molecule has 1 N–H and O–H groups in total. The van der Waals surface area contributed by atoms with E-state index < -0.39 is 17.5 Å². The van der Waals surface area contributed by atoms with Gasteiger partial charge in [0.15, 0.2) is 0 Å². The van der Waals surface area contributed by atoms with Crippen LogP contribution >= 0.6 is 0 Å². The molecular formula is C31H33F3N6O3. The Morgan fingerprint density at radius 2 is 1.95 bits per heavy atom. The molecule has 3 aromatic rings. The lowest BCUT2D eigenvalue weighted by atomic mass is 9.72. The van der Waals surface area contributed by atoms with E-state index in [1.165, 1.54) is 12.1 Å². The average Bonchev–Trinajstić information content (AvgIpc) is 3.41. The summed E-state index contributed by atoms with van der Waals surface area (Å²) in [6, 6.07) is 13.3. The minimum absolute atomic E-state index is 0.0372. The summed E-state index contributed by atoms with van der Waals surface area (Å²) in [6.07, 6.45) is 0.242. The van der Waals surface area contributed by atoms with E-state index in [2.05, 4.69) is 19.9 Å². The first-order valence-corrected chi connectivity index (χ1v) is 14.2. The summed E-state index contributed by atoms with van der Waals surface area (Å²) >= 11 is 0. The fourth-order valence-electron chi connectivity index (χ4n) is 5.90. The molecule has 0 aliphatic carbocycles. The number of nitriles is 1. The Balaban J connectivity index is 1.42. The predicted octanol–water partition coefficient (Wildman–Crippen LogP) is 4.67. The number of likely N-dealkylation sites (tertiary alicyclic amines) is 1. The second-order valence-electron chi connectivity index (χ2n) is 10.9. The summed E-state index contributed by atoms with van der Waals surface area (Å²) in [5, 5.41) is 13.0. The van der Waals surface area contributed by atoms with Crippen molar-refractivity contribution in [3.05, 3.63) is 66.0 Å².